The Bertz CT molecular complexity index is 759. The smallest absolute Gasteiger partial charge is 0.331 e. The Hall–Kier alpha value is -3.68. The third-order valence-electron chi connectivity index (χ3n) is 3.35. The SMILES string of the molecule is CCOc1ccc(/C=N\NC(=O)C(=O)N/N=C\c2ccc(OCC)cc2)cc1. The summed E-state index contributed by atoms with van der Waals surface area (Å²) in [6, 6.07) is 14.3. The molecule has 0 unspecified atom stereocenters. The van der Waals surface area contributed by atoms with Crippen molar-refractivity contribution in [1.29, 1.82) is 0 Å². The fourth-order valence-corrected chi connectivity index (χ4v) is 2.07. The normalized spacial score (nSPS) is 10.8. The molecule has 2 aromatic carbocycles. The van der Waals surface area contributed by atoms with Crippen LogP contribution in [0.3, 0.4) is 0 Å². The zero-order chi connectivity index (χ0) is 20.2. The van der Waals surface area contributed by atoms with Gasteiger partial charge in [-0.05, 0) is 73.5 Å². The third-order valence-corrected chi connectivity index (χ3v) is 3.35. The van der Waals surface area contributed by atoms with Gasteiger partial charge in [0, 0.05) is 0 Å². The Morgan fingerprint density at radius 1 is 0.750 bits per heavy atom. The molecular weight excluding hydrogens is 360 g/mol. The number of carbonyl (C=O) groups is 2. The average Bonchev–Trinajstić information content (AvgIpc) is 2.71. The zero-order valence-corrected chi connectivity index (χ0v) is 15.7. The van der Waals surface area contributed by atoms with Gasteiger partial charge in [-0.3, -0.25) is 9.59 Å². The van der Waals surface area contributed by atoms with E-state index in [-0.39, 0.29) is 0 Å². The van der Waals surface area contributed by atoms with E-state index in [9.17, 15) is 9.59 Å². The molecule has 2 amide bonds. The van der Waals surface area contributed by atoms with Crippen LogP contribution in [-0.2, 0) is 9.59 Å². The molecule has 0 fully saturated rings. The van der Waals surface area contributed by atoms with Crippen molar-refractivity contribution in [2.45, 2.75) is 13.8 Å². The van der Waals surface area contributed by atoms with Gasteiger partial charge in [0.1, 0.15) is 11.5 Å². The van der Waals surface area contributed by atoms with Crippen LogP contribution in [0.4, 0.5) is 0 Å². The van der Waals surface area contributed by atoms with Gasteiger partial charge >= 0.3 is 11.8 Å². The highest BCUT2D eigenvalue weighted by atomic mass is 16.5. The summed E-state index contributed by atoms with van der Waals surface area (Å²) >= 11 is 0. The maximum absolute atomic E-state index is 11.7. The standard InChI is InChI=1S/C20H22N4O4/c1-3-27-17-9-5-15(6-10-17)13-21-23-19(25)20(26)24-22-14-16-7-11-18(12-8-16)28-4-2/h5-14H,3-4H2,1-2H3,(H,23,25)(H,24,26)/b21-13-,22-14-. The lowest BCUT2D eigenvalue weighted by molar-refractivity contribution is -0.139. The van der Waals surface area contributed by atoms with Crippen molar-refractivity contribution < 1.29 is 19.1 Å². The van der Waals surface area contributed by atoms with E-state index in [1.807, 2.05) is 13.8 Å². The maximum atomic E-state index is 11.7. The molecule has 28 heavy (non-hydrogen) atoms. The van der Waals surface area contributed by atoms with Crippen LogP contribution in [0.2, 0.25) is 0 Å². The van der Waals surface area contributed by atoms with Crippen molar-refractivity contribution in [3.63, 3.8) is 0 Å². The lowest BCUT2D eigenvalue weighted by Gasteiger charge is -2.02. The number of carbonyl (C=O) groups excluding carboxylic acids is 2. The summed E-state index contributed by atoms with van der Waals surface area (Å²) < 4.78 is 10.7. The molecule has 0 spiro atoms. The summed E-state index contributed by atoms with van der Waals surface area (Å²) in [6.07, 6.45) is 2.84. The topological polar surface area (TPSA) is 101 Å². The second-order valence-corrected chi connectivity index (χ2v) is 5.40. The number of hydrogen-bond acceptors (Lipinski definition) is 6. The molecule has 0 aliphatic heterocycles. The highest BCUT2D eigenvalue weighted by Gasteiger charge is 2.10. The van der Waals surface area contributed by atoms with Crippen molar-refractivity contribution in [3.8, 4) is 11.5 Å². The van der Waals surface area contributed by atoms with Crippen molar-refractivity contribution >= 4 is 24.2 Å². The van der Waals surface area contributed by atoms with Crippen LogP contribution in [-0.4, -0.2) is 37.5 Å². The van der Waals surface area contributed by atoms with Crippen LogP contribution in [0.15, 0.2) is 58.7 Å². The molecule has 0 aromatic heterocycles. The fraction of sp³-hybridized carbons (Fsp3) is 0.200. The molecular formula is C20H22N4O4. The van der Waals surface area contributed by atoms with E-state index in [1.54, 1.807) is 48.5 Å². The Morgan fingerprint density at radius 3 is 1.43 bits per heavy atom. The van der Waals surface area contributed by atoms with Gasteiger partial charge in [-0.1, -0.05) is 0 Å². The summed E-state index contributed by atoms with van der Waals surface area (Å²) in [6.45, 7) is 4.97. The molecule has 0 heterocycles. The number of hydrazone groups is 2. The molecule has 146 valence electrons. The van der Waals surface area contributed by atoms with Crippen LogP contribution >= 0.6 is 0 Å². The van der Waals surface area contributed by atoms with E-state index in [1.165, 1.54) is 12.4 Å². The Balaban J connectivity index is 1.78. The van der Waals surface area contributed by atoms with Gasteiger partial charge in [0.25, 0.3) is 0 Å². The molecule has 0 radical (unpaired) electrons. The molecule has 2 rings (SSSR count). The van der Waals surface area contributed by atoms with Crippen LogP contribution in [0.5, 0.6) is 11.5 Å². The zero-order valence-electron chi connectivity index (χ0n) is 15.7. The number of rotatable bonds is 8. The number of hydrogen-bond donors (Lipinski definition) is 2. The summed E-state index contributed by atoms with van der Waals surface area (Å²) in [4.78, 5) is 23.4. The molecule has 0 saturated carbocycles. The number of benzene rings is 2. The molecule has 0 aliphatic carbocycles. The molecule has 2 N–H and O–H groups in total. The predicted octanol–water partition coefficient (Wildman–Crippen LogP) is 2.08. The van der Waals surface area contributed by atoms with Gasteiger partial charge in [0.05, 0.1) is 25.6 Å². The molecule has 8 nitrogen and oxygen atoms in total. The minimum atomic E-state index is -0.925. The second kappa shape index (κ2) is 11.1. The number of nitrogens with one attached hydrogen (secondary N) is 2. The highest BCUT2D eigenvalue weighted by Crippen LogP contribution is 2.11. The third kappa shape index (κ3) is 6.91. The van der Waals surface area contributed by atoms with Gasteiger partial charge in [-0.25, -0.2) is 10.9 Å². The fourth-order valence-electron chi connectivity index (χ4n) is 2.07. The predicted molar refractivity (Wildman–Crippen MR) is 107 cm³/mol. The van der Waals surface area contributed by atoms with E-state index >= 15 is 0 Å². The lowest BCUT2D eigenvalue weighted by Crippen LogP contribution is -2.35. The Morgan fingerprint density at radius 2 is 1.11 bits per heavy atom. The number of amides is 2. The molecule has 0 aliphatic rings. The van der Waals surface area contributed by atoms with Crippen molar-refractivity contribution in [2.75, 3.05) is 13.2 Å². The average molecular weight is 382 g/mol. The summed E-state index contributed by atoms with van der Waals surface area (Å²) in [7, 11) is 0. The van der Waals surface area contributed by atoms with Crippen LogP contribution < -0.4 is 20.3 Å². The summed E-state index contributed by atoms with van der Waals surface area (Å²) in [5, 5.41) is 7.48. The quantitative estimate of drug-likeness (QED) is 0.415. The molecule has 0 bridgehead atoms. The van der Waals surface area contributed by atoms with Gasteiger partial charge in [0.15, 0.2) is 0 Å². The Labute approximate surface area is 163 Å². The van der Waals surface area contributed by atoms with Crippen molar-refractivity contribution in [3.05, 3.63) is 59.7 Å². The molecule has 0 saturated heterocycles. The van der Waals surface area contributed by atoms with Crippen LogP contribution in [0, 0.1) is 0 Å². The largest absolute Gasteiger partial charge is 0.494 e. The first kappa shape index (κ1) is 20.6. The lowest BCUT2D eigenvalue weighted by atomic mass is 10.2. The van der Waals surface area contributed by atoms with Crippen molar-refractivity contribution in [2.24, 2.45) is 10.2 Å². The van der Waals surface area contributed by atoms with Gasteiger partial charge in [-0.15, -0.1) is 0 Å². The second-order valence-electron chi connectivity index (χ2n) is 5.40. The first-order valence-corrected chi connectivity index (χ1v) is 8.74. The van der Waals surface area contributed by atoms with E-state index in [0.29, 0.717) is 13.2 Å². The first-order chi connectivity index (χ1) is 13.6. The van der Waals surface area contributed by atoms with Gasteiger partial charge in [0.2, 0.25) is 0 Å². The van der Waals surface area contributed by atoms with E-state index in [2.05, 4.69) is 21.1 Å². The molecule has 2 aromatic rings. The van der Waals surface area contributed by atoms with Crippen LogP contribution in [0.25, 0.3) is 0 Å². The van der Waals surface area contributed by atoms with Crippen molar-refractivity contribution in [1.82, 2.24) is 10.9 Å². The maximum Gasteiger partial charge on any atom is 0.331 e. The summed E-state index contributed by atoms with van der Waals surface area (Å²) in [5.41, 5.74) is 5.77. The van der Waals surface area contributed by atoms with E-state index in [0.717, 1.165) is 22.6 Å². The van der Waals surface area contributed by atoms with E-state index < -0.39 is 11.8 Å². The Kier molecular flexibility index (Phi) is 8.19. The number of ether oxygens (including phenoxy) is 2. The first-order valence-electron chi connectivity index (χ1n) is 8.74. The number of nitrogens with zero attached hydrogens (tertiary/aromatic N) is 2. The van der Waals surface area contributed by atoms with Gasteiger partial charge in [-0.2, -0.15) is 10.2 Å². The minimum absolute atomic E-state index is 0.583. The van der Waals surface area contributed by atoms with E-state index in [4.69, 9.17) is 9.47 Å². The molecule has 8 heteroatoms. The van der Waals surface area contributed by atoms with Gasteiger partial charge < -0.3 is 9.47 Å². The minimum Gasteiger partial charge on any atom is -0.494 e. The molecule has 0 atom stereocenters. The summed E-state index contributed by atoms with van der Waals surface area (Å²) in [5.74, 6) is -0.362. The van der Waals surface area contributed by atoms with Crippen LogP contribution in [0.1, 0.15) is 25.0 Å². The highest BCUT2D eigenvalue weighted by molar-refractivity contribution is 6.35. The monoisotopic (exact) mass is 382 g/mol.